The smallest absolute Gasteiger partial charge is 0.378 e. The largest absolute Gasteiger partial charge is 0.426 e. The van der Waals surface area contributed by atoms with Gasteiger partial charge in [-0.2, -0.15) is 17.5 Å². The molecule has 2 aromatic rings. The molecule has 5 rings (SSSR count). The highest BCUT2D eigenvalue weighted by atomic mass is 32.2. The van der Waals surface area contributed by atoms with Crippen LogP contribution in [0.4, 0.5) is 27.6 Å². The Morgan fingerprint density at radius 2 is 1.68 bits per heavy atom. The zero-order chi connectivity index (χ0) is 27.3. The summed E-state index contributed by atoms with van der Waals surface area (Å²) in [6.07, 6.45) is -5.30. The molecule has 2 bridgehead atoms. The van der Waals surface area contributed by atoms with Gasteiger partial charge in [-0.1, -0.05) is 18.2 Å². The molecule has 3 aliphatic heterocycles. The average molecular weight is 580 g/mol. The van der Waals surface area contributed by atoms with Gasteiger partial charge < -0.3 is 9.64 Å². The first-order valence-electron chi connectivity index (χ1n) is 12.5. The van der Waals surface area contributed by atoms with Crippen LogP contribution in [0.2, 0.25) is 0 Å². The minimum Gasteiger partial charge on any atom is -0.378 e. The van der Waals surface area contributed by atoms with Crippen LogP contribution in [0.5, 0.6) is 0 Å². The molecule has 0 spiro atoms. The molecule has 210 valence electrons. The summed E-state index contributed by atoms with van der Waals surface area (Å²) >= 11 is 1.14. The molecule has 0 N–H and O–H groups in total. The van der Waals surface area contributed by atoms with Gasteiger partial charge in [0.25, 0.3) is 10.0 Å². The number of piperazine rings is 1. The van der Waals surface area contributed by atoms with Crippen LogP contribution in [-0.4, -0.2) is 87.5 Å². The van der Waals surface area contributed by atoms with Crippen molar-refractivity contribution in [1.29, 1.82) is 0 Å². The molecule has 3 saturated heterocycles. The summed E-state index contributed by atoms with van der Waals surface area (Å²) in [5.41, 5.74) is -3.42. The number of halogens is 5. The van der Waals surface area contributed by atoms with Gasteiger partial charge in [0.2, 0.25) is 5.67 Å². The van der Waals surface area contributed by atoms with Gasteiger partial charge in [-0.25, -0.2) is 17.2 Å². The Bertz CT molecular complexity index is 1190. The fourth-order valence-corrected chi connectivity index (χ4v) is 8.29. The number of benzene rings is 1. The molecule has 0 saturated carbocycles. The van der Waals surface area contributed by atoms with Crippen LogP contribution in [0.15, 0.2) is 46.0 Å². The van der Waals surface area contributed by atoms with Crippen molar-refractivity contribution in [1.82, 2.24) is 9.21 Å². The SMILES string of the molecule is C[C@](F)(c1ccc(N2CCN(S(=O)(=O)c3cccs3)C[C@@H]2CN2C3COCC2CC(F)C3)cc1)C(F)(F)F. The van der Waals surface area contributed by atoms with E-state index < -0.39 is 33.6 Å². The summed E-state index contributed by atoms with van der Waals surface area (Å²) in [4.78, 5) is 4.15. The zero-order valence-corrected chi connectivity index (χ0v) is 22.4. The van der Waals surface area contributed by atoms with Crippen LogP contribution in [0.25, 0.3) is 0 Å². The number of rotatable bonds is 6. The maximum atomic E-state index is 14.5. The number of hydrogen-bond donors (Lipinski definition) is 0. The molecule has 3 fully saturated rings. The number of anilines is 1. The van der Waals surface area contributed by atoms with E-state index in [-0.39, 0.29) is 35.4 Å². The van der Waals surface area contributed by atoms with Crippen LogP contribution in [0.1, 0.15) is 25.3 Å². The van der Waals surface area contributed by atoms with Crippen molar-refractivity contribution in [2.24, 2.45) is 0 Å². The predicted molar refractivity (Wildman–Crippen MR) is 134 cm³/mol. The van der Waals surface area contributed by atoms with Crippen LogP contribution in [0.3, 0.4) is 0 Å². The van der Waals surface area contributed by atoms with Gasteiger partial charge in [-0.3, -0.25) is 4.90 Å². The third-order valence-electron chi connectivity index (χ3n) is 7.84. The number of nitrogens with zero attached hydrogens (tertiary/aromatic N) is 3. The van der Waals surface area contributed by atoms with E-state index in [0.29, 0.717) is 51.8 Å². The van der Waals surface area contributed by atoms with Crippen LogP contribution >= 0.6 is 11.3 Å². The number of alkyl halides is 5. The molecular formula is C25H30F5N3O3S2. The third kappa shape index (κ3) is 5.19. The normalized spacial score (nSPS) is 29.3. The summed E-state index contributed by atoms with van der Waals surface area (Å²) < 4.78 is 102. The summed E-state index contributed by atoms with van der Waals surface area (Å²) in [6.45, 7) is 2.35. The van der Waals surface area contributed by atoms with Gasteiger partial charge in [-0.05, 0) is 48.9 Å². The second kappa shape index (κ2) is 10.3. The monoisotopic (exact) mass is 579 g/mol. The van der Waals surface area contributed by atoms with E-state index in [9.17, 15) is 30.4 Å². The van der Waals surface area contributed by atoms with E-state index in [0.717, 1.165) is 23.5 Å². The lowest BCUT2D eigenvalue weighted by molar-refractivity contribution is -0.228. The topological polar surface area (TPSA) is 53.1 Å². The number of hydrogen-bond acceptors (Lipinski definition) is 6. The predicted octanol–water partition coefficient (Wildman–Crippen LogP) is 4.58. The summed E-state index contributed by atoms with van der Waals surface area (Å²) in [7, 11) is -3.72. The van der Waals surface area contributed by atoms with E-state index >= 15 is 0 Å². The molecular weight excluding hydrogens is 549 g/mol. The Kier molecular flexibility index (Phi) is 7.53. The third-order valence-corrected chi connectivity index (χ3v) is 11.1. The van der Waals surface area contributed by atoms with E-state index in [1.54, 1.807) is 17.5 Å². The second-order valence-electron chi connectivity index (χ2n) is 10.3. The molecule has 1 aromatic heterocycles. The fraction of sp³-hybridized carbons (Fsp3) is 0.600. The van der Waals surface area contributed by atoms with Gasteiger partial charge in [0.15, 0.2) is 0 Å². The minimum absolute atomic E-state index is 0.134. The van der Waals surface area contributed by atoms with E-state index in [4.69, 9.17) is 4.74 Å². The molecule has 6 nitrogen and oxygen atoms in total. The molecule has 3 aliphatic rings. The fourth-order valence-electron chi connectivity index (χ4n) is 5.67. The molecule has 4 atom stereocenters. The Labute approximate surface area is 223 Å². The summed E-state index contributed by atoms with van der Waals surface area (Å²) in [5.74, 6) is 0. The molecule has 13 heteroatoms. The molecule has 0 radical (unpaired) electrons. The van der Waals surface area contributed by atoms with Gasteiger partial charge >= 0.3 is 6.18 Å². The van der Waals surface area contributed by atoms with Gasteiger partial charge in [-0.15, -0.1) is 11.3 Å². The van der Waals surface area contributed by atoms with E-state index in [1.807, 2.05) is 4.90 Å². The number of morpholine rings is 1. The molecule has 0 aliphatic carbocycles. The maximum Gasteiger partial charge on any atom is 0.426 e. The van der Waals surface area contributed by atoms with Gasteiger partial charge in [0.1, 0.15) is 10.4 Å². The summed E-state index contributed by atoms with van der Waals surface area (Å²) in [6, 6.07) is 7.77. The van der Waals surface area contributed by atoms with Crippen molar-refractivity contribution in [3.63, 3.8) is 0 Å². The van der Waals surface area contributed by atoms with Gasteiger partial charge in [0.05, 0.1) is 19.3 Å². The molecule has 38 heavy (non-hydrogen) atoms. The van der Waals surface area contributed by atoms with Crippen molar-refractivity contribution in [3.8, 4) is 0 Å². The number of sulfonamides is 1. The highest BCUT2D eigenvalue weighted by molar-refractivity contribution is 7.91. The summed E-state index contributed by atoms with van der Waals surface area (Å²) in [5, 5.41) is 1.70. The lowest BCUT2D eigenvalue weighted by Gasteiger charge is -2.51. The number of fused-ring (bicyclic) bond motifs is 2. The Morgan fingerprint density at radius 1 is 1.03 bits per heavy atom. The van der Waals surface area contributed by atoms with Crippen LogP contribution in [0, 0.1) is 0 Å². The molecule has 0 amide bonds. The van der Waals surface area contributed by atoms with Crippen molar-refractivity contribution in [3.05, 3.63) is 47.3 Å². The first-order chi connectivity index (χ1) is 17.9. The number of thiophene rings is 1. The molecule has 2 unspecified atom stereocenters. The minimum atomic E-state index is -5.05. The standard InChI is InChI=1S/C25H30F5N3O3S2/c1-24(27,25(28,29)30)17-4-6-19(7-5-17)32-9-8-31(38(34,35)23-3-2-10-37-23)13-22(32)14-33-20-11-18(26)12-21(33)16-36-15-20/h2-7,10,18,20-22H,8-9,11-16H2,1H3/t18?,20?,21?,22-,24+/m1/s1. The average Bonchev–Trinajstić information content (AvgIpc) is 3.40. The van der Waals surface area contributed by atoms with Crippen LogP contribution in [-0.2, 0) is 20.4 Å². The van der Waals surface area contributed by atoms with Crippen molar-refractivity contribution in [2.75, 3.05) is 44.3 Å². The van der Waals surface area contributed by atoms with Crippen LogP contribution < -0.4 is 4.90 Å². The van der Waals surface area contributed by atoms with Gasteiger partial charge in [0, 0.05) is 44.0 Å². The zero-order valence-electron chi connectivity index (χ0n) is 20.8. The lowest BCUT2D eigenvalue weighted by atomic mass is 9.92. The quantitative estimate of drug-likeness (QED) is 0.470. The van der Waals surface area contributed by atoms with Crippen molar-refractivity contribution >= 4 is 27.0 Å². The van der Waals surface area contributed by atoms with E-state index in [2.05, 4.69) is 4.90 Å². The Balaban J connectivity index is 1.43. The second-order valence-corrected chi connectivity index (χ2v) is 13.4. The van der Waals surface area contributed by atoms with Crippen molar-refractivity contribution < 1.29 is 35.1 Å². The Morgan fingerprint density at radius 3 is 2.26 bits per heavy atom. The molecule has 1 aromatic carbocycles. The van der Waals surface area contributed by atoms with Crippen molar-refractivity contribution in [2.45, 2.75) is 60.1 Å². The highest BCUT2D eigenvalue weighted by Gasteiger charge is 2.53. The molecule has 4 heterocycles. The van der Waals surface area contributed by atoms with E-state index in [1.165, 1.54) is 16.4 Å². The maximum absolute atomic E-state index is 14.5. The first-order valence-corrected chi connectivity index (χ1v) is 14.8. The first kappa shape index (κ1) is 27.8. The Hall–Kier alpha value is -1.80. The highest BCUT2D eigenvalue weighted by Crippen LogP contribution is 2.42. The lowest BCUT2D eigenvalue weighted by Crippen LogP contribution is -2.64. The number of ether oxygens (including phenoxy) is 1. The number of piperidine rings is 1.